The molecule has 2 aliphatic rings. The molecular formula is C18H23N5O2. The van der Waals surface area contributed by atoms with Crippen LogP contribution in [0.4, 0.5) is 5.82 Å². The van der Waals surface area contributed by atoms with Crippen LogP contribution in [0.5, 0.6) is 0 Å². The number of rotatable bonds is 4. The molecule has 2 aromatic heterocycles. The van der Waals surface area contributed by atoms with Gasteiger partial charge in [0.15, 0.2) is 5.82 Å². The van der Waals surface area contributed by atoms with Gasteiger partial charge in [-0.1, -0.05) is 6.42 Å². The molecule has 4 rings (SSSR count). The first-order chi connectivity index (χ1) is 12.2. The van der Waals surface area contributed by atoms with Crippen molar-refractivity contribution in [3.05, 3.63) is 30.6 Å². The number of aliphatic hydroxyl groups is 1. The van der Waals surface area contributed by atoms with E-state index in [1.807, 2.05) is 18.2 Å². The van der Waals surface area contributed by atoms with Crippen LogP contribution in [-0.2, 0) is 4.79 Å². The fourth-order valence-electron chi connectivity index (χ4n) is 3.44. The molecule has 0 radical (unpaired) electrons. The van der Waals surface area contributed by atoms with Crippen molar-refractivity contribution in [3.8, 4) is 11.3 Å². The van der Waals surface area contributed by atoms with Crippen LogP contribution < -0.4 is 4.90 Å². The second-order valence-corrected chi connectivity index (χ2v) is 6.83. The molecule has 1 atom stereocenters. The fourth-order valence-corrected chi connectivity index (χ4v) is 3.44. The first-order valence-corrected chi connectivity index (χ1v) is 8.90. The Morgan fingerprint density at radius 2 is 2.08 bits per heavy atom. The number of hydrogen-bond acceptors (Lipinski definition) is 5. The molecule has 1 aliphatic heterocycles. The molecule has 2 N–H and O–H groups in total. The van der Waals surface area contributed by atoms with Crippen LogP contribution in [0.1, 0.15) is 19.3 Å². The average Bonchev–Trinajstić information content (AvgIpc) is 3.10. The summed E-state index contributed by atoms with van der Waals surface area (Å²) in [5.74, 6) is 0.937. The lowest BCUT2D eigenvalue weighted by molar-refractivity contribution is -0.145. The lowest BCUT2D eigenvalue weighted by Crippen LogP contribution is -2.53. The van der Waals surface area contributed by atoms with Crippen molar-refractivity contribution in [1.29, 1.82) is 0 Å². The van der Waals surface area contributed by atoms with Gasteiger partial charge in [0.1, 0.15) is 6.10 Å². The molecule has 1 unspecified atom stereocenters. The van der Waals surface area contributed by atoms with E-state index >= 15 is 0 Å². The summed E-state index contributed by atoms with van der Waals surface area (Å²) in [6, 6.07) is 5.90. The maximum absolute atomic E-state index is 12.4. The maximum Gasteiger partial charge on any atom is 0.251 e. The molecule has 1 aliphatic carbocycles. The fraction of sp³-hybridized carbons (Fsp3) is 0.500. The van der Waals surface area contributed by atoms with E-state index in [0.717, 1.165) is 49.4 Å². The number of H-pyrrole nitrogens is 1. The topological polar surface area (TPSA) is 85.4 Å². The standard InChI is InChI=1S/C18H23N5O2/c24-17(13-3-1-4-13)18(25)23-9-7-22(8-10-23)16-11-15(20-21-16)14-5-2-6-19-12-14/h2,5-6,11-13,17,24H,1,3-4,7-10H2,(H,20,21). The van der Waals surface area contributed by atoms with E-state index in [-0.39, 0.29) is 11.8 Å². The molecule has 7 nitrogen and oxygen atoms in total. The first kappa shape index (κ1) is 16.1. The van der Waals surface area contributed by atoms with Crippen molar-refractivity contribution in [2.24, 2.45) is 5.92 Å². The number of aliphatic hydroxyl groups excluding tert-OH is 1. The number of aromatic amines is 1. The highest BCUT2D eigenvalue weighted by atomic mass is 16.3. The zero-order chi connectivity index (χ0) is 17.2. The minimum absolute atomic E-state index is 0.109. The Bertz CT molecular complexity index is 720. The summed E-state index contributed by atoms with van der Waals surface area (Å²) in [5.41, 5.74) is 1.93. The molecule has 0 spiro atoms. The number of aromatic nitrogens is 3. The number of nitrogens with one attached hydrogen (secondary N) is 1. The zero-order valence-corrected chi connectivity index (χ0v) is 14.1. The number of carbonyl (C=O) groups is 1. The van der Waals surface area contributed by atoms with Crippen LogP contribution in [0.2, 0.25) is 0 Å². The number of amides is 1. The van der Waals surface area contributed by atoms with Crippen molar-refractivity contribution < 1.29 is 9.90 Å². The van der Waals surface area contributed by atoms with E-state index in [9.17, 15) is 9.90 Å². The molecule has 0 bridgehead atoms. The van der Waals surface area contributed by atoms with Crippen LogP contribution in [0.25, 0.3) is 11.3 Å². The third-order valence-electron chi connectivity index (χ3n) is 5.30. The number of anilines is 1. The highest BCUT2D eigenvalue weighted by Gasteiger charge is 2.34. The molecular weight excluding hydrogens is 318 g/mol. The second kappa shape index (κ2) is 6.84. The van der Waals surface area contributed by atoms with Crippen LogP contribution in [-0.4, -0.2) is 63.4 Å². The van der Waals surface area contributed by atoms with Gasteiger partial charge >= 0.3 is 0 Å². The quantitative estimate of drug-likeness (QED) is 0.875. The first-order valence-electron chi connectivity index (χ1n) is 8.90. The Kier molecular flexibility index (Phi) is 4.40. The minimum atomic E-state index is -0.817. The lowest BCUT2D eigenvalue weighted by atomic mass is 9.80. The van der Waals surface area contributed by atoms with Gasteiger partial charge in [-0.3, -0.25) is 14.9 Å². The monoisotopic (exact) mass is 341 g/mol. The van der Waals surface area contributed by atoms with E-state index in [4.69, 9.17) is 0 Å². The Morgan fingerprint density at radius 3 is 2.72 bits per heavy atom. The summed E-state index contributed by atoms with van der Waals surface area (Å²) in [4.78, 5) is 20.5. The van der Waals surface area contributed by atoms with Gasteiger partial charge in [-0.05, 0) is 30.9 Å². The number of hydrogen-bond donors (Lipinski definition) is 2. The predicted molar refractivity (Wildman–Crippen MR) is 94.0 cm³/mol. The normalized spacial score (nSPS) is 19.6. The average molecular weight is 341 g/mol. The molecule has 1 saturated heterocycles. The predicted octanol–water partition coefficient (Wildman–Crippen LogP) is 1.28. The third-order valence-corrected chi connectivity index (χ3v) is 5.30. The molecule has 25 heavy (non-hydrogen) atoms. The molecule has 2 aromatic rings. The number of pyridine rings is 1. The SMILES string of the molecule is O=C(C(O)C1CCC1)N1CCN(c2cc(-c3cccnc3)[nH]n2)CC1. The molecule has 3 heterocycles. The number of piperazine rings is 1. The van der Waals surface area contributed by atoms with Crippen molar-refractivity contribution in [1.82, 2.24) is 20.1 Å². The number of carbonyl (C=O) groups excluding carboxylic acids is 1. The van der Waals surface area contributed by atoms with Gasteiger partial charge in [-0.15, -0.1) is 0 Å². The molecule has 1 amide bonds. The van der Waals surface area contributed by atoms with Gasteiger partial charge in [0.25, 0.3) is 5.91 Å². The Hall–Kier alpha value is -2.41. The molecule has 132 valence electrons. The highest BCUT2D eigenvalue weighted by molar-refractivity contribution is 5.81. The zero-order valence-electron chi connectivity index (χ0n) is 14.1. The summed E-state index contributed by atoms with van der Waals surface area (Å²) >= 11 is 0. The van der Waals surface area contributed by atoms with Gasteiger partial charge in [-0.2, -0.15) is 5.10 Å². The van der Waals surface area contributed by atoms with E-state index in [1.54, 1.807) is 17.3 Å². The van der Waals surface area contributed by atoms with Gasteiger partial charge < -0.3 is 14.9 Å². The largest absolute Gasteiger partial charge is 0.383 e. The summed E-state index contributed by atoms with van der Waals surface area (Å²) in [7, 11) is 0. The Balaban J connectivity index is 1.36. The number of nitrogens with zero attached hydrogens (tertiary/aromatic N) is 4. The van der Waals surface area contributed by atoms with E-state index in [1.165, 1.54) is 0 Å². The lowest BCUT2D eigenvalue weighted by Gasteiger charge is -2.38. The molecule has 0 aromatic carbocycles. The second-order valence-electron chi connectivity index (χ2n) is 6.83. The summed E-state index contributed by atoms with van der Waals surface area (Å²) in [6.07, 6.45) is 5.79. The summed E-state index contributed by atoms with van der Waals surface area (Å²) in [6.45, 7) is 2.69. The third kappa shape index (κ3) is 3.24. The van der Waals surface area contributed by atoms with Gasteiger partial charge in [0.05, 0.1) is 5.69 Å². The van der Waals surface area contributed by atoms with Gasteiger partial charge in [0.2, 0.25) is 0 Å². The van der Waals surface area contributed by atoms with Crippen LogP contribution in [0.15, 0.2) is 30.6 Å². The molecule has 1 saturated carbocycles. The van der Waals surface area contributed by atoms with Crippen LogP contribution in [0.3, 0.4) is 0 Å². The smallest absolute Gasteiger partial charge is 0.251 e. The van der Waals surface area contributed by atoms with Gasteiger partial charge in [-0.25, -0.2) is 0 Å². The van der Waals surface area contributed by atoms with E-state index in [0.29, 0.717) is 13.1 Å². The van der Waals surface area contributed by atoms with Crippen LogP contribution >= 0.6 is 0 Å². The van der Waals surface area contributed by atoms with E-state index < -0.39 is 6.10 Å². The van der Waals surface area contributed by atoms with Crippen molar-refractivity contribution >= 4 is 11.7 Å². The van der Waals surface area contributed by atoms with Crippen molar-refractivity contribution in [3.63, 3.8) is 0 Å². The Labute approximate surface area is 146 Å². The van der Waals surface area contributed by atoms with Crippen molar-refractivity contribution in [2.45, 2.75) is 25.4 Å². The molecule has 2 fully saturated rings. The van der Waals surface area contributed by atoms with Gasteiger partial charge in [0, 0.05) is 50.2 Å². The summed E-state index contributed by atoms with van der Waals surface area (Å²) < 4.78 is 0. The van der Waals surface area contributed by atoms with Crippen LogP contribution in [0, 0.1) is 5.92 Å². The maximum atomic E-state index is 12.4. The summed E-state index contributed by atoms with van der Waals surface area (Å²) in [5, 5.41) is 17.6. The molecule has 7 heteroatoms. The van der Waals surface area contributed by atoms with E-state index in [2.05, 4.69) is 20.1 Å². The minimum Gasteiger partial charge on any atom is -0.383 e. The van der Waals surface area contributed by atoms with Crippen molar-refractivity contribution in [2.75, 3.05) is 31.1 Å². The Morgan fingerprint density at radius 1 is 1.28 bits per heavy atom. The highest BCUT2D eigenvalue weighted by Crippen LogP contribution is 2.30.